The number of rotatable bonds is 7. The third-order valence-corrected chi connectivity index (χ3v) is 4.88. The summed E-state index contributed by atoms with van der Waals surface area (Å²) in [6.45, 7) is 3.43. The van der Waals surface area contributed by atoms with E-state index in [1.54, 1.807) is 38.1 Å². The van der Waals surface area contributed by atoms with Gasteiger partial charge in [0.1, 0.15) is 17.1 Å². The van der Waals surface area contributed by atoms with Crippen LogP contribution < -0.4 is 10.1 Å². The van der Waals surface area contributed by atoms with Gasteiger partial charge in [0.2, 0.25) is 5.91 Å². The van der Waals surface area contributed by atoms with Crippen LogP contribution in [0, 0.1) is 0 Å². The number of methoxy groups -OCH3 is 1. The van der Waals surface area contributed by atoms with Crippen molar-refractivity contribution in [3.05, 3.63) is 65.9 Å². The number of carbonyl (C=O) groups excluding carboxylic acids is 1. The summed E-state index contributed by atoms with van der Waals surface area (Å²) in [5.41, 5.74) is 0.259. The number of nitrogens with one attached hydrogen (secondary N) is 1. The van der Waals surface area contributed by atoms with E-state index in [0.717, 1.165) is 5.39 Å². The number of amides is 1. The molecule has 0 aliphatic rings. The van der Waals surface area contributed by atoms with E-state index < -0.39 is 17.4 Å². The fraction of sp³-hybridized carbons (Fsp3) is 0.273. The Kier molecular flexibility index (Phi) is 5.40. The lowest BCUT2D eigenvalue weighted by molar-refractivity contribution is -0.139. The number of benzene rings is 2. The number of furan rings is 1. The Labute approximate surface area is 163 Å². The van der Waals surface area contributed by atoms with Gasteiger partial charge in [-0.2, -0.15) is 0 Å². The van der Waals surface area contributed by atoms with Crippen molar-refractivity contribution in [2.24, 2.45) is 0 Å². The fourth-order valence-electron chi connectivity index (χ4n) is 3.21. The van der Waals surface area contributed by atoms with Crippen LogP contribution in [0.15, 0.2) is 59.0 Å². The lowest BCUT2D eigenvalue weighted by atomic mass is 9.87. The van der Waals surface area contributed by atoms with Crippen molar-refractivity contribution in [1.29, 1.82) is 0 Å². The van der Waals surface area contributed by atoms with E-state index in [4.69, 9.17) is 9.15 Å². The van der Waals surface area contributed by atoms with Crippen LogP contribution in [0.2, 0.25) is 0 Å². The molecular weight excluding hydrogens is 358 g/mol. The molecule has 28 heavy (non-hydrogen) atoms. The summed E-state index contributed by atoms with van der Waals surface area (Å²) in [6.07, 6.45) is -0.265. The molecule has 0 aliphatic heterocycles. The topological polar surface area (TPSA) is 88.8 Å². The number of para-hydroxylation sites is 1. The summed E-state index contributed by atoms with van der Waals surface area (Å²) in [7, 11) is 1.54. The molecule has 2 atom stereocenters. The van der Waals surface area contributed by atoms with Crippen LogP contribution >= 0.6 is 0 Å². The van der Waals surface area contributed by atoms with Gasteiger partial charge in [0, 0.05) is 5.39 Å². The van der Waals surface area contributed by atoms with E-state index in [0.29, 0.717) is 22.7 Å². The minimum absolute atomic E-state index is 0.265. The summed E-state index contributed by atoms with van der Waals surface area (Å²) in [5, 5.41) is 13.2. The summed E-state index contributed by atoms with van der Waals surface area (Å²) in [6, 6.07) is 16.4. The first-order valence-electron chi connectivity index (χ1n) is 8.99. The average Bonchev–Trinajstić information content (AvgIpc) is 3.10. The van der Waals surface area contributed by atoms with Crippen molar-refractivity contribution in [3.8, 4) is 5.75 Å². The normalized spacial score (nSPS) is 14.2. The number of carbonyl (C=O) groups is 2. The average molecular weight is 381 g/mol. The van der Waals surface area contributed by atoms with Gasteiger partial charge in [0.05, 0.1) is 25.0 Å². The number of fused-ring (bicyclic) bond motifs is 1. The van der Waals surface area contributed by atoms with Crippen molar-refractivity contribution in [2.75, 3.05) is 7.11 Å². The smallest absolute Gasteiger partial charge is 0.306 e. The number of carboxylic acid groups (broad SMARTS) is 1. The minimum atomic E-state index is -1.10. The van der Waals surface area contributed by atoms with E-state index in [-0.39, 0.29) is 12.3 Å². The first-order valence-corrected chi connectivity index (χ1v) is 8.99. The SMILES string of the molecule is COc1cccc(C(C)(CC(=O)O)NC(=O)C(C)c2cc3ccccc3o2)c1. The predicted molar refractivity (Wildman–Crippen MR) is 105 cm³/mol. The standard InChI is InChI=1S/C22H23NO5/c1-14(19-11-15-7-4-5-10-18(15)28-19)21(26)23-22(2,13-20(24)25)16-8-6-9-17(12-16)27-3/h4-12,14H,13H2,1-3H3,(H,23,26)(H,24,25). The van der Waals surface area contributed by atoms with Crippen molar-refractivity contribution in [2.45, 2.75) is 31.7 Å². The van der Waals surface area contributed by atoms with E-state index in [1.165, 1.54) is 7.11 Å². The second kappa shape index (κ2) is 7.76. The molecule has 1 heterocycles. The van der Waals surface area contributed by atoms with Gasteiger partial charge in [-0.05, 0) is 43.7 Å². The zero-order chi connectivity index (χ0) is 20.3. The monoisotopic (exact) mass is 381 g/mol. The molecule has 0 fully saturated rings. The van der Waals surface area contributed by atoms with E-state index in [2.05, 4.69) is 5.32 Å². The minimum Gasteiger partial charge on any atom is -0.497 e. The summed E-state index contributed by atoms with van der Waals surface area (Å²) < 4.78 is 11.0. The van der Waals surface area contributed by atoms with Crippen LogP contribution in [0.5, 0.6) is 5.75 Å². The Balaban J connectivity index is 1.88. The molecule has 3 aromatic rings. The maximum absolute atomic E-state index is 12.9. The second-order valence-corrected chi connectivity index (χ2v) is 7.03. The zero-order valence-electron chi connectivity index (χ0n) is 16.1. The second-order valence-electron chi connectivity index (χ2n) is 7.03. The molecule has 6 heteroatoms. The van der Waals surface area contributed by atoms with Crippen LogP contribution in [0.1, 0.15) is 37.5 Å². The molecule has 146 valence electrons. The van der Waals surface area contributed by atoms with E-state index in [9.17, 15) is 14.7 Å². The molecule has 0 aliphatic carbocycles. The molecule has 0 radical (unpaired) electrons. The Hall–Kier alpha value is -3.28. The number of carboxylic acids is 1. The van der Waals surface area contributed by atoms with E-state index in [1.807, 2.05) is 30.3 Å². The van der Waals surface area contributed by atoms with Crippen LogP contribution in [0.4, 0.5) is 0 Å². The van der Waals surface area contributed by atoms with Gasteiger partial charge < -0.3 is 19.6 Å². The summed E-state index contributed by atoms with van der Waals surface area (Å²) >= 11 is 0. The highest BCUT2D eigenvalue weighted by Crippen LogP contribution is 2.30. The summed E-state index contributed by atoms with van der Waals surface area (Å²) in [4.78, 5) is 24.4. The van der Waals surface area contributed by atoms with Gasteiger partial charge in [-0.1, -0.05) is 30.3 Å². The van der Waals surface area contributed by atoms with Crippen LogP contribution in [0.3, 0.4) is 0 Å². The maximum Gasteiger partial charge on any atom is 0.306 e. The van der Waals surface area contributed by atoms with Crippen LogP contribution in [0.25, 0.3) is 11.0 Å². The number of ether oxygens (including phenoxy) is 1. The Morgan fingerprint density at radius 2 is 1.93 bits per heavy atom. The molecule has 0 bridgehead atoms. The molecule has 6 nitrogen and oxygen atoms in total. The summed E-state index contributed by atoms with van der Waals surface area (Å²) in [5.74, 6) is -0.783. The molecule has 1 amide bonds. The highest BCUT2D eigenvalue weighted by molar-refractivity contribution is 5.86. The third kappa shape index (κ3) is 4.01. The molecule has 2 N–H and O–H groups in total. The zero-order valence-corrected chi connectivity index (χ0v) is 16.1. The maximum atomic E-state index is 12.9. The van der Waals surface area contributed by atoms with Gasteiger partial charge >= 0.3 is 5.97 Å². The molecule has 3 rings (SSSR count). The fourth-order valence-corrected chi connectivity index (χ4v) is 3.21. The predicted octanol–water partition coefficient (Wildman–Crippen LogP) is 4.05. The molecular formula is C22H23NO5. The first kappa shape index (κ1) is 19.5. The highest BCUT2D eigenvalue weighted by Gasteiger charge is 2.34. The Bertz CT molecular complexity index is 976. The molecule has 1 aromatic heterocycles. The number of hydrogen-bond donors (Lipinski definition) is 2. The quantitative estimate of drug-likeness (QED) is 0.644. The van der Waals surface area contributed by atoms with Gasteiger partial charge in [-0.15, -0.1) is 0 Å². The molecule has 0 spiro atoms. The molecule has 2 aromatic carbocycles. The van der Waals surface area contributed by atoms with Crippen molar-refractivity contribution in [3.63, 3.8) is 0 Å². The Morgan fingerprint density at radius 1 is 1.18 bits per heavy atom. The van der Waals surface area contributed by atoms with Crippen molar-refractivity contribution in [1.82, 2.24) is 5.32 Å². The van der Waals surface area contributed by atoms with Crippen LogP contribution in [-0.2, 0) is 15.1 Å². The van der Waals surface area contributed by atoms with Gasteiger partial charge in [-0.3, -0.25) is 9.59 Å². The first-order chi connectivity index (χ1) is 13.3. The lowest BCUT2D eigenvalue weighted by Gasteiger charge is -2.31. The molecule has 2 unspecified atom stereocenters. The van der Waals surface area contributed by atoms with Crippen molar-refractivity contribution < 1.29 is 23.8 Å². The Morgan fingerprint density at radius 3 is 2.61 bits per heavy atom. The largest absolute Gasteiger partial charge is 0.497 e. The van der Waals surface area contributed by atoms with Gasteiger partial charge in [0.15, 0.2) is 0 Å². The van der Waals surface area contributed by atoms with Gasteiger partial charge in [0.25, 0.3) is 0 Å². The lowest BCUT2D eigenvalue weighted by Crippen LogP contribution is -2.46. The molecule has 0 saturated carbocycles. The van der Waals surface area contributed by atoms with Gasteiger partial charge in [-0.25, -0.2) is 0 Å². The highest BCUT2D eigenvalue weighted by atomic mass is 16.5. The third-order valence-electron chi connectivity index (χ3n) is 4.88. The number of aliphatic carboxylic acids is 1. The van der Waals surface area contributed by atoms with Crippen molar-refractivity contribution >= 4 is 22.8 Å². The molecule has 0 saturated heterocycles. The van der Waals surface area contributed by atoms with E-state index >= 15 is 0 Å². The number of hydrogen-bond acceptors (Lipinski definition) is 4. The van der Waals surface area contributed by atoms with Crippen LogP contribution in [-0.4, -0.2) is 24.1 Å².